The molecule has 4 aromatic rings. The van der Waals surface area contributed by atoms with Gasteiger partial charge in [-0.2, -0.15) is 0 Å². The van der Waals surface area contributed by atoms with Crippen molar-refractivity contribution in [3.8, 4) is 11.3 Å². The van der Waals surface area contributed by atoms with E-state index in [-0.39, 0.29) is 0 Å². The average molecular weight is 471 g/mol. The number of aromatic nitrogens is 1. The summed E-state index contributed by atoms with van der Waals surface area (Å²) in [6.45, 7) is 2.25. The number of rotatable bonds is 5. The molecule has 1 aliphatic rings. The van der Waals surface area contributed by atoms with Crippen LogP contribution in [0.5, 0.6) is 0 Å². The molecular formula is C29H30N2O4. The molecule has 6 heteroatoms. The first-order valence-electron chi connectivity index (χ1n) is 11.9. The zero-order chi connectivity index (χ0) is 24.6. The van der Waals surface area contributed by atoms with Gasteiger partial charge >= 0.3 is 11.9 Å². The number of likely N-dealkylation sites (tertiary alicyclic amines) is 1. The molecule has 2 heterocycles. The lowest BCUT2D eigenvalue weighted by molar-refractivity contribution is -0.159. The van der Waals surface area contributed by atoms with Crippen LogP contribution in [0.25, 0.3) is 22.2 Å². The summed E-state index contributed by atoms with van der Waals surface area (Å²) in [7, 11) is 0. The Morgan fingerprint density at radius 1 is 0.829 bits per heavy atom. The van der Waals surface area contributed by atoms with E-state index in [4.69, 9.17) is 19.8 Å². The number of carboxylic acids is 2. The number of hydrogen-bond donors (Lipinski definition) is 3. The monoisotopic (exact) mass is 470 g/mol. The second kappa shape index (κ2) is 11.5. The van der Waals surface area contributed by atoms with Crippen molar-refractivity contribution in [1.82, 2.24) is 9.88 Å². The fourth-order valence-corrected chi connectivity index (χ4v) is 4.82. The Bertz CT molecular complexity index is 1260. The van der Waals surface area contributed by atoms with Crippen LogP contribution in [0.2, 0.25) is 0 Å². The largest absolute Gasteiger partial charge is 0.473 e. The molecule has 3 N–H and O–H groups in total. The SMILES string of the molecule is O=C(O)C(=O)O.c1ccc(CN2CCCCC2Cc2c(-c3ccccc3)[nH]c3ccccc23)cc1. The Morgan fingerprint density at radius 2 is 1.46 bits per heavy atom. The lowest BCUT2D eigenvalue weighted by Gasteiger charge is -2.36. The van der Waals surface area contributed by atoms with Gasteiger partial charge in [0.1, 0.15) is 0 Å². The van der Waals surface area contributed by atoms with Crippen LogP contribution in [0.1, 0.15) is 30.4 Å². The first-order valence-corrected chi connectivity index (χ1v) is 11.9. The van der Waals surface area contributed by atoms with E-state index in [1.807, 2.05) is 0 Å². The lowest BCUT2D eigenvalue weighted by Crippen LogP contribution is -2.40. The van der Waals surface area contributed by atoms with Gasteiger partial charge in [-0.05, 0) is 48.6 Å². The van der Waals surface area contributed by atoms with E-state index in [2.05, 4.69) is 94.8 Å². The fourth-order valence-electron chi connectivity index (χ4n) is 4.82. The van der Waals surface area contributed by atoms with Crippen molar-refractivity contribution in [3.05, 3.63) is 96.1 Å². The minimum atomic E-state index is -1.82. The van der Waals surface area contributed by atoms with Crippen molar-refractivity contribution in [2.75, 3.05) is 6.54 Å². The van der Waals surface area contributed by atoms with Crippen LogP contribution in [0.15, 0.2) is 84.9 Å². The summed E-state index contributed by atoms with van der Waals surface area (Å²) in [6.07, 6.45) is 5.02. The number of aliphatic carboxylic acids is 2. The number of aromatic amines is 1. The number of hydrogen-bond acceptors (Lipinski definition) is 3. The number of para-hydroxylation sites is 1. The summed E-state index contributed by atoms with van der Waals surface area (Å²) in [4.78, 5) is 24.6. The predicted molar refractivity (Wildman–Crippen MR) is 137 cm³/mol. The second-order valence-corrected chi connectivity index (χ2v) is 8.81. The predicted octanol–water partition coefficient (Wildman–Crippen LogP) is 5.59. The molecule has 0 aliphatic carbocycles. The van der Waals surface area contributed by atoms with Gasteiger partial charge in [0.05, 0.1) is 0 Å². The van der Waals surface area contributed by atoms with Gasteiger partial charge in [0, 0.05) is 29.2 Å². The van der Waals surface area contributed by atoms with Gasteiger partial charge in [0.2, 0.25) is 0 Å². The Labute approximate surface area is 204 Å². The van der Waals surface area contributed by atoms with Crippen LogP contribution < -0.4 is 0 Å². The van der Waals surface area contributed by atoms with Crippen LogP contribution in [-0.2, 0) is 22.6 Å². The smallest absolute Gasteiger partial charge is 0.414 e. The highest BCUT2D eigenvalue weighted by Crippen LogP contribution is 2.33. The third-order valence-corrected chi connectivity index (χ3v) is 6.48. The van der Waals surface area contributed by atoms with E-state index in [1.165, 1.54) is 59.1 Å². The van der Waals surface area contributed by atoms with Gasteiger partial charge in [-0.25, -0.2) is 9.59 Å². The molecule has 35 heavy (non-hydrogen) atoms. The van der Waals surface area contributed by atoms with Crippen molar-refractivity contribution < 1.29 is 19.8 Å². The molecular weight excluding hydrogens is 440 g/mol. The maximum atomic E-state index is 9.10. The van der Waals surface area contributed by atoms with Gasteiger partial charge < -0.3 is 15.2 Å². The molecule has 0 spiro atoms. The Hall–Kier alpha value is -3.90. The summed E-state index contributed by atoms with van der Waals surface area (Å²) in [5.74, 6) is -3.65. The molecule has 5 rings (SSSR count). The first kappa shape index (κ1) is 24.2. The molecule has 1 saturated heterocycles. The minimum absolute atomic E-state index is 0.589. The van der Waals surface area contributed by atoms with Crippen molar-refractivity contribution in [1.29, 1.82) is 0 Å². The summed E-state index contributed by atoms with van der Waals surface area (Å²) in [5, 5.41) is 16.2. The van der Waals surface area contributed by atoms with E-state index in [9.17, 15) is 0 Å². The molecule has 0 amide bonds. The summed E-state index contributed by atoms with van der Waals surface area (Å²) in [6, 6.07) is 31.1. The highest BCUT2D eigenvalue weighted by Gasteiger charge is 2.25. The van der Waals surface area contributed by atoms with Crippen LogP contribution in [0, 0.1) is 0 Å². The van der Waals surface area contributed by atoms with E-state index < -0.39 is 11.9 Å². The molecule has 180 valence electrons. The number of benzene rings is 3. The van der Waals surface area contributed by atoms with Gasteiger partial charge in [-0.15, -0.1) is 0 Å². The third-order valence-electron chi connectivity index (χ3n) is 6.48. The Morgan fingerprint density at radius 3 is 2.14 bits per heavy atom. The highest BCUT2D eigenvalue weighted by atomic mass is 16.4. The van der Waals surface area contributed by atoms with E-state index in [0.717, 1.165) is 13.0 Å². The van der Waals surface area contributed by atoms with Crippen molar-refractivity contribution in [2.24, 2.45) is 0 Å². The van der Waals surface area contributed by atoms with Gasteiger partial charge in [0.15, 0.2) is 0 Å². The maximum Gasteiger partial charge on any atom is 0.414 e. The van der Waals surface area contributed by atoms with Gasteiger partial charge in [0.25, 0.3) is 0 Å². The molecule has 0 bridgehead atoms. The Balaban J connectivity index is 0.000000431. The first-order chi connectivity index (χ1) is 17.0. The zero-order valence-electron chi connectivity index (χ0n) is 19.6. The number of H-pyrrole nitrogens is 1. The topological polar surface area (TPSA) is 93.6 Å². The molecule has 1 atom stereocenters. The second-order valence-electron chi connectivity index (χ2n) is 8.81. The van der Waals surface area contributed by atoms with Crippen molar-refractivity contribution >= 4 is 22.8 Å². The Kier molecular flexibility index (Phi) is 7.95. The van der Waals surface area contributed by atoms with Crippen LogP contribution >= 0.6 is 0 Å². The van der Waals surface area contributed by atoms with Crippen LogP contribution in [0.3, 0.4) is 0 Å². The van der Waals surface area contributed by atoms with Crippen LogP contribution in [-0.4, -0.2) is 44.6 Å². The highest BCUT2D eigenvalue weighted by molar-refractivity contribution is 6.27. The summed E-state index contributed by atoms with van der Waals surface area (Å²) >= 11 is 0. The van der Waals surface area contributed by atoms with Gasteiger partial charge in [-0.3, -0.25) is 4.90 Å². The molecule has 1 aliphatic heterocycles. The molecule has 6 nitrogen and oxygen atoms in total. The summed E-state index contributed by atoms with van der Waals surface area (Å²) in [5.41, 5.74) is 6.70. The minimum Gasteiger partial charge on any atom is -0.473 e. The zero-order valence-corrected chi connectivity index (χ0v) is 19.6. The summed E-state index contributed by atoms with van der Waals surface area (Å²) < 4.78 is 0. The van der Waals surface area contributed by atoms with E-state index in [0.29, 0.717) is 6.04 Å². The molecule has 1 aromatic heterocycles. The van der Waals surface area contributed by atoms with Crippen molar-refractivity contribution in [3.63, 3.8) is 0 Å². The number of piperidine rings is 1. The number of fused-ring (bicyclic) bond motifs is 1. The average Bonchev–Trinajstić information content (AvgIpc) is 3.25. The molecule has 1 fully saturated rings. The number of nitrogens with one attached hydrogen (secondary N) is 1. The molecule has 0 saturated carbocycles. The lowest BCUT2D eigenvalue weighted by atomic mass is 9.92. The molecule has 0 radical (unpaired) electrons. The molecule has 1 unspecified atom stereocenters. The van der Waals surface area contributed by atoms with Crippen LogP contribution in [0.4, 0.5) is 0 Å². The van der Waals surface area contributed by atoms with Gasteiger partial charge in [-0.1, -0.05) is 85.3 Å². The molecule has 3 aromatic carbocycles. The van der Waals surface area contributed by atoms with Crippen molar-refractivity contribution in [2.45, 2.75) is 38.3 Å². The van der Waals surface area contributed by atoms with E-state index >= 15 is 0 Å². The standard InChI is InChI=1S/C27H28N2.C2H2O4/c1-3-11-21(12-4-1)20-29-18-10-9-15-23(29)19-25-24-16-7-8-17-26(24)28-27(25)22-13-5-2-6-14-22;3-1(4)2(5)6/h1-8,11-14,16-17,23,28H,9-10,15,18-20H2;(H,3,4)(H,5,6). The normalized spacial score (nSPS) is 15.8. The number of nitrogens with zero attached hydrogens (tertiary/aromatic N) is 1. The quantitative estimate of drug-likeness (QED) is 0.331. The third kappa shape index (κ3) is 6.16. The maximum absolute atomic E-state index is 9.10. The van der Waals surface area contributed by atoms with E-state index in [1.54, 1.807) is 0 Å². The number of carboxylic acid groups (broad SMARTS) is 2. The number of carbonyl (C=O) groups is 2. The fraction of sp³-hybridized carbons (Fsp3) is 0.241.